The summed E-state index contributed by atoms with van der Waals surface area (Å²) >= 11 is 3.47. The molecular formula is C11H15BrO. The maximum atomic E-state index is 9.71. The molecule has 0 aromatic heterocycles. The van der Waals surface area contributed by atoms with Crippen LogP contribution in [0.25, 0.3) is 0 Å². The van der Waals surface area contributed by atoms with Crippen molar-refractivity contribution in [3.8, 4) is 0 Å². The number of halogens is 1. The quantitative estimate of drug-likeness (QED) is 0.842. The largest absolute Gasteiger partial charge is 0.388 e. The highest BCUT2D eigenvalue weighted by atomic mass is 79.9. The molecule has 0 unspecified atom stereocenters. The van der Waals surface area contributed by atoms with E-state index in [4.69, 9.17) is 0 Å². The molecule has 2 heteroatoms. The molecule has 1 atom stereocenters. The molecule has 0 radical (unpaired) electrons. The first-order chi connectivity index (χ1) is 6.06. The number of rotatable bonds is 2. The van der Waals surface area contributed by atoms with Gasteiger partial charge in [-0.05, 0) is 43.0 Å². The van der Waals surface area contributed by atoms with Crippen molar-refractivity contribution in [1.29, 1.82) is 0 Å². The smallest absolute Gasteiger partial charge is 0.0790 e. The van der Waals surface area contributed by atoms with E-state index in [1.165, 1.54) is 5.56 Å². The second-order valence-electron chi connectivity index (χ2n) is 3.38. The topological polar surface area (TPSA) is 20.2 Å². The summed E-state index contributed by atoms with van der Waals surface area (Å²) < 4.78 is 1.11. The van der Waals surface area contributed by atoms with E-state index in [1.54, 1.807) is 0 Å². The summed E-state index contributed by atoms with van der Waals surface area (Å²) in [6, 6.07) is 4.11. The molecule has 0 aliphatic carbocycles. The summed E-state index contributed by atoms with van der Waals surface area (Å²) in [5.41, 5.74) is 3.36. The van der Waals surface area contributed by atoms with Crippen LogP contribution < -0.4 is 0 Å². The van der Waals surface area contributed by atoms with Crippen LogP contribution in [0.5, 0.6) is 0 Å². The van der Waals surface area contributed by atoms with Gasteiger partial charge in [-0.15, -0.1) is 0 Å². The Morgan fingerprint density at radius 1 is 1.31 bits per heavy atom. The zero-order chi connectivity index (χ0) is 10.0. The first kappa shape index (κ1) is 10.7. The maximum Gasteiger partial charge on any atom is 0.0790 e. The third-order valence-corrected chi connectivity index (χ3v) is 3.15. The molecule has 1 aromatic carbocycles. The highest BCUT2D eigenvalue weighted by molar-refractivity contribution is 9.10. The fourth-order valence-electron chi connectivity index (χ4n) is 1.38. The minimum atomic E-state index is -0.327. The normalized spacial score (nSPS) is 13.0. The van der Waals surface area contributed by atoms with Crippen LogP contribution in [-0.2, 0) is 0 Å². The summed E-state index contributed by atoms with van der Waals surface area (Å²) in [5.74, 6) is 0. The second kappa shape index (κ2) is 4.25. The van der Waals surface area contributed by atoms with Crippen LogP contribution in [0.1, 0.15) is 36.1 Å². The number of hydrogen-bond acceptors (Lipinski definition) is 1. The molecule has 1 aromatic rings. The highest BCUT2D eigenvalue weighted by Crippen LogP contribution is 2.26. The highest BCUT2D eigenvalue weighted by Gasteiger charge is 2.09. The Hall–Kier alpha value is -0.340. The Morgan fingerprint density at radius 3 is 2.46 bits per heavy atom. The molecule has 0 aliphatic rings. The maximum absolute atomic E-state index is 9.71. The third kappa shape index (κ3) is 2.32. The van der Waals surface area contributed by atoms with Gasteiger partial charge in [0, 0.05) is 4.47 Å². The number of aliphatic hydroxyl groups is 1. The van der Waals surface area contributed by atoms with Crippen LogP contribution in [0, 0.1) is 13.8 Å². The van der Waals surface area contributed by atoms with Crippen molar-refractivity contribution in [2.24, 2.45) is 0 Å². The molecule has 0 fully saturated rings. The standard InChI is InChI=1S/C11H15BrO/c1-4-11(13)9-5-8(3)10(12)6-7(9)2/h5-6,11,13H,4H2,1-3H3/t11-/m1/s1. The molecular weight excluding hydrogens is 228 g/mol. The average Bonchev–Trinajstić information content (AvgIpc) is 2.10. The number of aliphatic hydroxyl groups excluding tert-OH is 1. The molecule has 1 rings (SSSR count). The van der Waals surface area contributed by atoms with Crippen molar-refractivity contribution in [2.75, 3.05) is 0 Å². The Bertz CT molecular complexity index is 307. The van der Waals surface area contributed by atoms with E-state index in [1.807, 2.05) is 26.8 Å². The lowest BCUT2D eigenvalue weighted by Crippen LogP contribution is -1.99. The Balaban J connectivity index is 3.15. The molecule has 1 nitrogen and oxygen atoms in total. The van der Waals surface area contributed by atoms with Gasteiger partial charge in [0.05, 0.1) is 6.10 Å². The minimum Gasteiger partial charge on any atom is -0.388 e. The summed E-state index contributed by atoms with van der Waals surface area (Å²) in [7, 11) is 0. The van der Waals surface area contributed by atoms with E-state index in [2.05, 4.69) is 22.0 Å². The van der Waals surface area contributed by atoms with Gasteiger partial charge < -0.3 is 5.11 Å². The lowest BCUT2D eigenvalue weighted by Gasteiger charge is -2.13. The van der Waals surface area contributed by atoms with Crippen molar-refractivity contribution < 1.29 is 5.11 Å². The van der Waals surface area contributed by atoms with Crippen molar-refractivity contribution >= 4 is 15.9 Å². The summed E-state index contributed by atoms with van der Waals surface area (Å²) in [6.45, 7) is 6.05. The lowest BCUT2D eigenvalue weighted by atomic mass is 9.99. The summed E-state index contributed by atoms with van der Waals surface area (Å²) in [4.78, 5) is 0. The number of benzene rings is 1. The van der Waals surface area contributed by atoms with Crippen LogP contribution >= 0.6 is 15.9 Å². The monoisotopic (exact) mass is 242 g/mol. The molecule has 0 saturated heterocycles. The van der Waals surface area contributed by atoms with Crippen molar-refractivity contribution in [1.82, 2.24) is 0 Å². The molecule has 13 heavy (non-hydrogen) atoms. The van der Waals surface area contributed by atoms with Gasteiger partial charge in [0.1, 0.15) is 0 Å². The van der Waals surface area contributed by atoms with Crippen molar-refractivity contribution in [3.05, 3.63) is 33.3 Å². The fourth-order valence-corrected chi connectivity index (χ4v) is 1.84. The molecule has 0 bridgehead atoms. The molecule has 0 amide bonds. The van der Waals surface area contributed by atoms with E-state index in [-0.39, 0.29) is 6.10 Å². The Kier molecular flexibility index (Phi) is 3.51. The van der Waals surface area contributed by atoms with Gasteiger partial charge in [-0.3, -0.25) is 0 Å². The number of aryl methyl sites for hydroxylation is 2. The molecule has 0 heterocycles. The first-order valence-corrected chi connectivity index (χ1v) is 5.30. The van der Waals surface area contributed by atoms with E-state index in [9.17, 15) is 5.11 Å². The average molecular weight is 243 g/mol. The fraction of sp³-hybridized carbons (Fsp3) is 0.455. The Labute approximate surface area is 87.9 Å². The van der Waals surface area contributed by atoms with Crippen LogP contribution in [0.4, 0.5) is 0 Å². The first-order valence-electron chi connectivity index (χ1n) is 4.51. The molecule has 72 valence electrons. The predicted octanol–water partition coefficient (Wildman–Crippen LogP) is 3.51. The van der Waals surface area contributed by atoms with Crippen LogP contribution in [-0.4, -0.2) is 5.11 Å². The van der Waals surface area contributed by atoms with E-state index < -0.39 is 0 Å². The third-order valence-electron chi connectivity index (χ3n) is 2.29. The van der Waals surface area contributed by atoms with Crippen LogP contribution in [0.3, 0.4) is 0 Å². The van der Waals surface area contributed by atoms with Gasteiger partial charge in [-0.25, -0.2) is 0 Å². The van der Waals surface area contributed by atoms with E-state index in [0.717, 1.165) is 22.0 Å². The zero-order valence-electron chi connectivity index (χ0n) is 8.26. The SMILES string of the molecule is CC[C@@H](O)c1cc(C)c(Br)cc1C. The molecule has 1 N–H and O–H groups in total. The predicted molar refractivity (Wildman–Crippen MR) is 58.9 cm³/mol. The summed E-state index contributed by atoms with van der Waals surface area (Å²) in [5, 5.41) is 9.71. The van der Waals surface area contributed by atoms with E-state index >= 15 is 0 Å². The van der Waals surface area contributed by atoms with Crippen molar-refractivity contribution in [3.63, 3.8) is 0 Å². The zero-order valence-corrected chi connectivity index (χ0v) is 9.85. The molecule has 0 saturated carbocycles. The second-order valence-corrected chi connectivity index (χ2v) is 4.24. The van der Waals surface area contributed by atoms with Gasteiger partial charge >= 0.3 is 0 Å². The van der Waals surface area contributed by atoms with Crippen molar-refractivity contribution in [2.45, 2.75) is 33.3 Å². The van der Waals surface area contributed by atoms with Gasteiger partial charge in [0.2, 0.25) is 0 Å². The van der Waals surface area contributed by atoms with E-state index in [0.29, 0.717) is 0 Å². The van der Waals surface area contributed by atoms with Gasteiger partial charge in [-0.2, -0.15) is 0 Å². The van der Waals surface area contributed by atoms with Gasteiger partial charge in [0.25, 0.3) is 0 Å². The molecule has 0 spiro atoms. The number of hydrogen-bond donors (Lipinski definition) is 1. The summed E-state index contributed by atoms with van der Waals surface area (Å²) in [6.07, 6.45) is 0.439. The molecule has 0 aliphatic heterocycles. The Morgan fingerprint density at radius 2 is 1.92 bits per heavy atom. The van der Waals surface area contributed by atoms with Gasteiger partial charge in [-0.1, -0.05) is 28.9 Å². The van der Waals surface area contributed by atoms with Crippen LogP contribution in [0.2, 0.25) is 0 Å². The van der Waals surface area contributed by atoms with Gasteiger partial charge in [0.15, 0.2) is 0 Å². The minimum absolute atomic E-state index is 0.327. The van der Waals surface area contributed by atoms with Crippen LogP contribution in [0.15, 0.2) is 16.6 Å². The lowest BCUT2D eigenvalue weighted by molar-refractivity contribution is 0.173.